The molecule has 1 aromatic heterocycles. The van der Waals surface area contributed by atoms with Gasteiger partial charge in [0.1, 0.15) is 12.7 Å². The number of nitrogens with zero attached hydrogens (tertiary/aromatic N) is 6. The number of benzene rings is 1. The van der Waals surface area contributed by atoms with Gasteiger partial charge in [-0.1, -0.05) is 12.5 Å². The zero-order chi connectivity index (χ0) is 23.3. The maximum Gasteiger partial charge on any atom is 0.431 e. The Bertz CT molecular complexity index is 1010. The predicted octanol–water partition coefficient (Wildman–Crippen LogP) is 4.86. The van der Waals surface area contributed by atoms with E-state index in [-0.39, 0.29) is 7.43 Å². The molecule has 9 nitrogen and oxygen atoms in total. The Balaban J connectivity index is 0.00000512. The van der Waals surface area contributed by atoms with Crippen molar-refractivity contribution in [2.75, 3.05) is 33.9 Å². The summed E-state index contributed by atoms with van der Waals surface area (Å²) in [6.07, 6.45) is 1.12. The first kappa shape index (κ1) is 27.8. The molecule has 2 rings (SSSR count). The van der Waals surface area contributed by atoms with E-state index in [1.165, 1.54) is 11.3 Å². The first-order valence-electron chi connectivity index (χ1n) is 10.4. The van der Waals surface area contributed by atoms with Gasteiger partial charge in [0.05, 0.1) is 17.1 Å². The molecule has 0 spiro atoms. The molecule has 0 amide bonds. The van der Waals surface area contributed by atoms with Crippen molar-refractivity contribution in [2.24, 2.45) is 17.3 Å². The zero-order valence-corrected chi connectivity index (χ0v) is 21.3. The van der Waals surface area contributed by atoms with Crippen LogP contribution < -0.4 is 19.2 Å². The minimum absolute atomic E-state index is 0. The average Bonchev–Trinajstić information content (AvgIpc) is 3.00. The van der Waals surface area contributed by atoms with Crippen LogP contribution in [-0.2, 0) is 17.1 Å². The summed E-state index contributed by atoms with van der Waals surface area (Å²) in [5.41, 5.74) is 1.76. The summed E-state index contributed by atoms with van der Waals surface area (Å²) >= 11 is 1.45. The third-order valence-corrected chi connectivity index (χ3v) is 6.27. The molecular formula is C21H38N7O2S2+. The van der Waals surface area contributed by atoms with Crippen LogP contribution in [0.25, 0.3) is 0 Å². The van der Waals surface area contributed by atoms with Gasteiger partial charge in [-0.25, -0.2) is 8.42 Å². The van der Waals surface area contributed by atoms with Gasteiger partial charge in [0.25, 0.3) is 0 Å². The van der Waals surface area contributed by atoms with Crippen molar-refractivity contribution in [3.05, 3.63) is 18.2 Å². The van der Waals surface area contributed by atoms with Crippen LogP contribution in [0.3, 0.4) is 0 Å². The molecule has 11 heteroatoms. The number of sulfonamides is 1. The highest BCUT2D eigenvalue weighted by atomic mass is 32.2. The SMILES string of the molecule is C.CCN(CC)c1ccc(N=Nc2sc(N(C(C)C)C(C)C)n[n+]2C)c(NS(C)(=O)=O)c1. The highest BCUT2D eigenvalue weighted by molar-refractivity contribution is 7.92. The second-order valence-electron chi connectivity index (χ2n) is 7.83. The summed E-state index contributed by atoms with van der Waals surface area (Å²) < 4.78 is 28.0. The first-order chi connectivity index (χ1) is 14.5. The van der Waals surface area contributed by atoms with Crippen LogP contribution in [0.5, 0.6) is 0 Å². The second kappa shape index (κ2) is 11.6. The van der Waals surface area contributed by atoms with Crippen LogP contribution in [0.2, 0.25) is 0 Å². The molecule has 0 aliphatic heterocycles. The lowest BCUT2D eigenvalue weighted by molar-refractivity contribution is -0.712. The fourth-order valence-electron chi connectivity index (χ4n) is 3.34. The summed E-state index contributed by atoms with van der Waals surface area (Å²) in [5.74, 6) is 0. The average molecular weight is 485 g/mol. The Labute approximate surface area is 197 Å². The summed E-state index contributed by atoms with van der Waals surface area (Å²) in [4.78, 5) is 4.36. The molecule has 0 unspecified atom stereocenters. The monoisotopic (exact) mass is 484 g/mol. The van der Waals surface area contributed by atoms with Gasteiger partial charge in [0, 0.05) is 30.9 Å². The van der Waals surface area contributed by atoms with Gasteiger partial charge in [0.2, 0.25) is 15.2 Å². The molecule has 0 atom stereocenters. The molecule has 0 saturated carbocycles. The number of aromatic nitrogens is 2. The van der Waals surface area contributed by atoms with Crippen molar-refractivity contribution in [2.45, 2.75) is 61.1 Å². The van der Waals surface area contributed by atoms with Crippen LogP contribution in [0.15, 0.2) is 28.4 Å². The summed E-state index contributed by atoms with van der Waals surface area (Å²) in [6, 6.07) is 6.09. The van der Waals surface area contributed by atoms with Crippen LogP contribution in [-0.4, -0.2) is 44.9 Å². The van der Waals surface area contributed by atoms with E-state index in [1.54, 1.807) is 16.8 Å². The third kappa shape index (κ3) is 7.13. The van der Waals surface area contributed by atoms with E-state index < -0.39 is 10.0 Å². The Morgan fingerprint density at radius 2 is 1.72 bits per heavy atom. The van der Waals surface area contributed by atoms with Gasteiger partial charge < -0.3 is 9.80 Å². The second-order valence-corrected chi connectivity index (χ2v) is 10.5. The van der Waals surface area contributed by atoms with E-state index in [0.717, 1.165) is 30.2 Å². The van der Waals surface area contributed by atoms with E-state index in [9.17, 15) is 8.42 Å². The van der Waals surface area contributed by atoms with E-state index in [4.69, 9.17) is 0 Å². The number of nitrogens with one attached hydrogen (secondary N) is 1. The molecule has 1 aromatic carbocycles. The van der Waals surface area contributed by atoms with Gasteiger partial charge in [-0.15, -0.1) is 4.68 Å². The van der Waals surface area contributed by atoms with E-state index >= 15 is 0 Å². The van der Waals surface area contributed by atoms with Crippen LogP contribution in [0.4, 0.5) is 27.3 Å². The molecular weight excluding hydrogens is 446 g/mol. The topological polar surface area (TPSA) is 94.1 Å². The molecule has 2 aromatic rings. The van der Waals surface area contributed by atoms with E-state index in [1.807, 2.05) is 13.1 Å². The number of rotatable bonds is 10. The van der Waals surface area contributed by atoms with E-state index in [0.29, 0.717) is 28.6 Å². The van der Waals surface area contributed by atoms with Gasteiger partial charge in [-0.3, -0.25) is 4.72 Å². The van der Waals surface area contributed by atoms with Gasteiger partial charge in [0.15, 0.2) is 0 Å². The minimum Gasteiger partial charge on any atom is -0.372 e. The molecule has 1 N–H and O–H groups in total. The summed E-state index contributed by atoms with van der Waals surface area (Å²) in [5, 5.41) is 14.8. The highest BCUT2D eigenvalue weighted by Crippen LogP contribution is 2.33. The Morgan fingerprint density at radius 1 is 1.12 bits per heavy atom. The number of azo groups is 1. The fourth-order valence-corrected chi connectivity index (χ4v) is 5.01. The third-order valence-electron chi connectivity index (χ3n) is 4.68. The number of hydrogen-bond donors (Lipinski definition) is 1. The quantitative estimate of drug-likeness (QED) is 0.384. The first-order valence-corrected chi connectivity index (χ1v) is 13.1. The zero-order valence-electron chi connectivity index (χ0n) is 19.6. The maximum atomic E-state index is 11.9. The molecule has 0 aliphatic carbocycles. The number of aryl methyl sites for hydroxylation is 1. The van der Waals surface area contributed by atoms with Crippen molar-refractivity contribution in [1.82, 2.24) is 5.10 Å². The molecule has 0 fully saturated rings. The van der Waals surface area contributed by atoms with Crippen molar-refractivity contribution < 1.29 is 13.1 Å². The summed E-state index contributed by atoms with van der Waals surface area (Å²) in [7, 11) is -1.64. The summed E-state index contributed by atoms with van der Waals surface area (Å²) in [6.45, 7) is 14.3. The largest absolute Gasteiger partial charge is 0.431 e. The minimum atomic E-state index is -3.46. The molecule has 0 radical (unpaired) electrons. The Hall–Kier alpha value is -2.27. The number of anilines is 3. The van der Waals surface area contributed by atoms with Crippen molar-refractivity contribution in [1.29, 1.82) is 0 Å². The lowest BCUT2D eigenvalue weighted by atomic mass is 10.2. The highest BCUT2D eigenvalue weighted by Gasteiger charge is 2.24. The van der Waals surface area contributed by atoms with Gasteiger partial charge >= 0.3 is 5.13 Å². The number of hydrogen-bond acceptors (Lipinski definition) is 8. The molecule has 0 saturated heterocycles. The normalized spacial score (nSPS) is 11.8. The Kier molecular flexibility index (Phi) is 10.0. The van der Waals surface area contributed by atoms with Crippen LogP contribution in [0.1, 0.15) is 49.0 Å². The predicted molar refractivity (Wildman–Crippen MR) is 135 cm³/mol. The van der Waals surface area contributed by atoms with Crippen molar-refractivity contribution in [3.63, 3.8) is 0 Å². The van der Waals surface area contributed by atoms with Crippen LogP contribution >= 0.6 is 11.3 Å². The van der Waals surface area contributed by atoms with Crippen molar-refractivity contribution >= 4 is 48.7 Å². The Morgan fingerprint density at radius 3 is 2.22 bits per heavy atom. The van der Waals surface area contributed by atoms with Crippen molar-refractivity contribution in [3.8, 4) is 0 Å². The fraction of sp³-hybridized carbons (Fsp3) is 0.619. The van der Waals surface area contributed by atoms with Crippen LogP contribution in [0, 0.1) is 0 Å². The molecule has 32 heavy (non-hydrogen) atoms. The van der Waals surface area contributed by atoms with Gasteiger partial charge in [-0.05, 0) is 76.2 Å². The lowest BCUT2D eigenvalue weighted by Crippen LogP contribution is -2.39. The smallest absolute Gasteiger partial charge is 0.372 e. The molecule has 0 aliphatic rings. The maximum absolute atomic E-state index is 11.9. The lowest BCUT2D eigenvalue weighted by Gasteiger charge is -2.28. The van der Waals surface area contributed by atoms with Gasteiger partial charge in [-0.2, -0.15) is 0 Å². The molecule has 0 bridgehead atoms. The molecule has 180 valence electrons. The molecule has 1 heterocycles. The standard InChI is InChI=1S/C20H33N7O2S2.CH4/c1-9-26(10-2)16-11-12-17(18(13-16)24-31(8,28)29)21-22-19-25(7)23-20(30-19)27(14(3)4)15(5)6;/h11-15H,9-10H2,1-8H3;1H4/p+1. The van der Waals surface area contributed by atoms with E-state index in [2.05, 4.69) is 71.4 Å².